The third-order valence-corrected chi connectivity index (χ3v) is 3.64. The monoisotopic (exact) mass is 322 g/mol. The summed E-state index contributed by atoms with van der Waals surface area (Å²) in [5.41, 5.74) is 1.16. The molecule has 0 aliphatic rings. The van der Waals surface area contributed by atoms with E-state index in [9.17, 15) is 0 Å². The first-order valence-corrected chi connectivity index (χ1v) is 7.90. The molecule has 2 N–H and O–H groups in total. The van der Waals surface area contributed by atoms with Gasteiger partial charge in [-0.05, 0) is 38.2 Å². The zero-order valence-electron chi connectivity index (χ0n) is 15.1. The molecule has 0 fully saturated rings. The number of methoxy groups -OCH3 is 2. The highest BCUT2D eigenvalue weighted by molar-refractivity contribution is 5.79. The molecular formula is C17H30N4O2. The van der Waals surface area contributed by atoms with Gasteiger partial charge in [0.2, 0.25) is 0 Å². The summed E-state index contributed by atoms with van der Waals surface area (Å²) in [7, 11) is 9.20. The Morgan fingerprint density at radius 1 is 1.17 bits per heavy atom. The lowest BCUT2D eigenvalue weighted by Crippen LogP contribution is -2.42. The highest BCUT2D eigenvalue weighted by Crippen LogP contribution is 2.31. The Balaban J connectivity index is 2.86. The van der Waals surface area contributed by atoms with Gasteiger partial charge in [-0.2, -0.15) is 0 Å². The maximum absolute atomic E-state index is 5.41. The van der Waals surface area contributed by atoms with Crippen LogP contribution in [0.5, 0.6) is 11.5 Å². The van der Waals surface area contributed by atoms with Gasteiger partial charge in [-0.3, -0.25) is 4.99 Å². The minimum absolute atomic E-state index is 0.190. The van der Waals surface area contributed by atoms with Crippen molar-refractivity contribution in [3.05, 3.63) is 23.8 Å². The van der Waals surface area contributed by atoms with Crippen molar-refractivity contribution in [2.45, 2.75) is 19.4 Å². The highest BCUT2D eigenvalue weighted by Gasteiger charge is 2.17. The normalized spacial score (nSPS) is 12.9. The van der Waals surface area contributed by atoms with Crippen molar-refractivity contribution in [2.75, 3.05) is 48.5 Å². The Morgan fingerprint density at radius 2 is 1.87 bits per heavy atom. The highest BCUT2D eigenvalue weighted by atomic mass is 16.5. The molecule has 1 aromatic carbocycles. The number of nitrogens with one attached hydrogen (secondary N) is 2. The van der Waals surface area contributed by atoms with Gasteiger partial charge in [-0.15, -0.1) is 0 Å². The SMILES string of the molecule is CCCNC(=NC)NCC(c1ccc(OC)c(OC)c1)N(C)C. The zero-order valence-corrected chi connectivity index (χ0v) is 15.1. The average molecular weight is 322 g/mol. The van der Waals surface area contributed by atoms with Crippen molar-refractivity contribution in [3.8, 4) is 11.5 Å². The van der Waals surface area contributed by atoms with Gasteiger partial charge in [0.1, 0.15) is 0 Å². The average Bonchev–Trinajstić information content (AvgIpc) is 2.57. The summed E-state index contributed by atoms with van der Waals surface area (Å²) in [5, 5.41) is 6.66. The molecule has 0 bridgehead atoms. The second kappa shape index (κ2) is 9.94. The molecule has 1 atom stereocenters. The Kier molecular flexibility index (Phi) is 8.26. The number of guanidine groups is 1. The van der Waals surface area contributed by atoms with Crippen LogP contribution in [0.2, 0.25) is 0 Å². The predicted molar refractivity (Wildman–Crippen MR) is 95.6 cm³/mol. The lowest BCUT2D eigenvalue weighted by Gasteiger charge is -2.26. The first-order valence-electron chi connectivity index (χ1n) is 7.90. The molecule has 1 rings (SSSR count). The van der Waals surface area contributed by atoms with E-state index in [1.807, 2.05) is 12.1 Å². The summed E-state index contributed by atoms with van der Waals surface area (Å²) in [5.74, 6) is 2.30. The molecule has 0 radical (unpaired) electrons. The Labute approximate surface area is 139 Å². The van der Waals surface area contributed by atoms with Crippen LogP contribution >= 0.6 is 0 Å². The first-order chi connectivity index (χ1) is 11.1. The lowest BCUT2D eigenvalue weighted by molar-refractivity contribution is 0.295. The molecule has 0 spiro atoms. The molecule has 0 aliphatic heterocycles. The van der Waals surface area contributed by atoms with Gasteiger partial charge in [0.25, 0.3) is 0 Å². The fourth-order valence-electron chi connectivity index (χ4n) is 2.32. The van der Waals surface area contributed by atoms with E-state index in [1.165, 1.54) is 0 Å². The molecule has 0 amide bonds. The van der Waals surface area contributed by atoms with Gasteiger partial charge in [-0.1, -0.05) is 13.0 Å². The van der Waals surface area contributed by atoms with Crippen molar-refractivity contribution >= 4 is 5.96 Å². The van der Waals surface area contributed by atoms with Crippen molar-refractivity contribution in [2.24, 2.45) is 4.99 Å². The van der Waals surface area contributed by atoms with E-state index in [1.54, 1.807) is 21.3 Å². The van der Waals surface area contributed by atoms with Gasteiger partial charge >= 0.3 is 0 Å². The number of hydrogen-bond acceptors (Lipinski definition) is 4. The Hall–Kier alpha value is -1.95. The van der Waals surface area contributed by atoms with Crippen molar-refractivity contribution < 1.29 is 9.47 Å². The number of nitrogens with zero attached hydrogens (tertiary/aromatic N) is 2. The summed E-state index contributed by atoms with van der Waals surface area (Å²) in [6.45, 7) is 3.78. The minimum atomic E-state index is 0.190. The molecule has 0 saturated carbocycles. The summed E-state index contributed by atoms with van der Waals surface area (Å²) < 4.78 is 10.7. The van der Waals surface area contributed by atoms with Crippen LogP contribution in [0.25, 0.3) is 0 Å². The topological polar surface area (TPSA) is 58.1 Å². The van der Waals surface area contributed by atoms with Crippen LogP contribution in [0, 0.1) is 0 Å². The zero-order chi connectivity index (χ0) is 17.2. The molecule has 0 heterocycles. The minimum Gasteiger partial charge on any atom is -0.493 e. The van der Waals surface area contributed by atoms with Gasteiger partial charge in [-0.25, -0.2) is 0 Å². The van der Waals surface area contributed by atoms with E-state index in [2.05, 4.69) is 47.6 Å². The molecule has 1 unspecified atom stereocenters. The first kappa shape index (κ1) is 19.1. The summed E-state index contributed by atoms with van der Waals surface area (Å²) >= 11 is 0. The molecule has 0 aliphatic carbocycles. The van der Waals surface area contributed by atoms with Crippen molar-refractivity contribution in [1.29, 1.82) is 0 Å². The van der Waals surface area contributed by atoms with E-state index in [0.29, 0.717) is 0 Å². The lowest BCUT2D eigenvalue weighted by atomic mass is 10.1. The number of likely N-dealkylation sites (N-methyl/N-ethyl adjacent to an activating group) is 1. The Morgan fingerprint density at radius 3 is 2.39 bits per heavy atom. The summed E-state index contributed by atoms with van der Waals surface area (Å²) in [6, 6.07) is 6.22. The molecule has 130 valence electrons. The molecule has 6 heteroatoms. The summed E-state index contributed by atoms with van der Waals surface area (Å²) in [4.78, 5) is 6.41. The third-order valence-electron chi connectivity index (χ3n) is 3.64. The van der Waals surface area contributed by atoms with E-state index >= 15 is 0 Å². The van der Waals surface area contributed by atoms with Gasteiger partial charge < -0.3 is 25.0 Å². The molecule has 0 aromatic heterocycles. The smallest absolute Gasteiger partial charge is 0.191 e. The van der Waals surface area contributed by atoms with Crippen LogP contribution < -0.4 is 20.1 Å². The van der Waals surface area contributed by atoms with Crippen molar-refractivity contribution in [1.82, 2.24) is 15.5 Å². The molecule has 23 heavy (non-hydrogen) atoms. The number of rotatable bonds is 8. The van der Waals surface area contributed by atoms with Crippen LogP contribution in [0.1, 0.15) is 24.9 Å². The number of ether oxygens (including phenoxy) is 2. The van der Waals surface area contributed by atoms with Gasteiger partial charge in [0.15, 0.2) is 17.5 Å². The van der Waals surface area contributed by atoms with E-state index in [4.69, 9.17) is 9.47 Å². The third kappa shape index (κ3) is 5.63. The van der Waals surface area contributed by atoms with Crippen LogP contribution in [0.15, 0.2) is 23.2 Å². The number of benzene rings is 1. The largest absolute Gasteiger partial charge is 0.493 e. The van der Waals surface area contributed by atoms with E-state index in [-0.39, 0.29) is 6.04 Å². The van der Waals surface area contributed by atoms with E-state index in [0.717, 1.165) is 42.5 Å². The number of aliphatic imine (C=N–C) groups is 1. The Bertz CT molecular complexity index is 503. The van der Waals surface area contributed by atoms with Crippen LogP contribution in [-0.4, -0.2) is 59.3 Å². The van der Waals surface area contributed by atoms with Crippen LogP contribution in [0.4, 0.5) is 0 Å². The maximum atomic E-state index is 5.41. The van der Waals surface area contributed by atoms with Gasteiger partial charge in [0.05, 0.1) is 20.3 Å². The predicted octanol–water partition coefficient (Wildman–Crippen LogP) is 1.88. The van der Waals surface area contributed by atoms with Crippen molar-refractivity contribution in [3.63, 3.8) is 0 Å². The fraction of sp³-hybridized carbons (Fsp3) is 0.588. The molecule has 0 saturated heterocycles. The van der Waals surface area contributed by atoms with Gasteiger partial charge in [0, 0.05) is 20.1 Å². The quantitative estimate of drug-likeness (QED) is 0.565. The summed E-state index contributed by atoms with van der Waals surface area (Å²) in [6.07, 6.45) is 1.06. The molecule has 1 aromatic rings. The second-order valence-electron chi connectivity index (χ2n) is 5.47. The van der Waals surface area contributed by atoms with E-state index < -0.39 is 0 Å². The number of hydrogen-bond donors (Lipinski definition) is 2. The second-order valence-corrected chi connectivity index (χ2v) is 5.47. The standard InChI is InChI=1S/C17H30N4O2/c1-7-10-19-17(18-2)20-12-14(21(3)4)13-8-9-15(22-5)16(11-13)23-6/h8-9,11,14H,7,10,12H2,1-6H3,(H2,18,19,20). The maximum Gasteiger partial charge on any atom is 0.191 e. The van der Waals surface area contributed by atoms with Crippen LogP contribution in [-0.2, 0) is 0 Å². The molecule has 6 nitrogen and oxygen atoms in total. The fourth-order valence-corrected chi connectivity index (χ4v) is 2.32. The van der Waals surface area contributed by atoms with Crippen LogP contribution in [0.3, 0.4) is 0 Å². The molecular weight excluding hydrogens is 292 g/mol.